The Labute approximate surface area is 201 Å². The monoisotopic (exact) mass is 531 g/mol. The lowest BCUT2D eigenvalue weighted by Gasteiger charge is -2.29. The quantitative estimate of drug-likeness (QED) is 0.529. The minimum absolute atomic E-state index is 0.0211. The second kappa shape index (κ2) is 13.1. The van der Waals surface area contributed by atoms with Crippen LogP contribution < -0.4 is 10.1 Å². The van der Waals surface area contributed by atoms with Crippen LogP contribution in [-0.4, -0.2) is 87.2 Å². The molecule has 0 aliphatic carbocycles. The zero-order chi connectivity index (χ0) is 26.1. The second-order valence-corrected chi connectivity index (χ2v) is 10.1. The summed E-state index contributed by atoms with van der Waals surface area (Å²) in [7, 11) is -2.43. The molecule has 0 saturated carbocycles. The predicted molar refractivity (Wildman–Crippen MR) is 119 cm³/mol. The number of carboxylic acids is 1. The van der Waals surface area contributed by atoms with Crippen LogP contribution in [0.5, 0.6) is 5.75 Å². The lowest BCUT2D eigenvalue weighted by atomic mass is 10.2. The number of rotatable bonds is 8. The Bertz CT molecular complexity index is 938. The van der Waals surface area contributed by atoms with Gasteiger partial charge in [0.1, 0.15) is 10.6 Å². The molecule has 2 rings (SSSR count). The van der Waals surface area contributed by atoms with E-state index in [1.54, 1.807) is 11.0 Å². The molecule has 0 aromatic heterocycles. The number of aliphatic carboxylic acids is 1. The highest BCUT2D eigenvalue weighted by molar-refractivity contribution is 7.89. The van der Waals surface area contributed by atoms with Crippen LogP contribution in [-0.2, 0) is 19.6 Å². The highest BCUT2D eigenvalue weighted by Gasteiger charge is 2.38. The van der Waals surface area contributed by atoms with Gasteiger partial charge in [0.15, 0.2) is 0 Å². The first-order valence-electron chi connectivity index (χ1n) is 10.3. The van der Waals surface area contributed by atoms with E-state index >= 15 is 0 Å². The van der Waals surface area contributed by atoms with Gasteiger partial charge in [0.05, 0.1) is 7.11 Å². The molecule has 1 saturated heterocycles. The van der Waals surface area contributed by atoms with Crippen molar-refractivity contribution in [2.24, 2.45) is 5.92 Å². The molecule has 0 atom stereocenters. The van der Waals surface area contributed by atoms with Crippen molar-refractivity contribution in [3.05, 3.63) is 23.2 Å². The van der Waals surface area contributed by atoms with Crippen molar-refractivity contribution in [1.29, 1.82) is 0 Å². The van der Waals surface area contributed by atoms with Crippen molar-refractivity contribution in [3.8, 4) is 5.75 Å². The summed E-state index contributed by atoms with van der Waals surface area (Å²) in [6.45, 7) is 7.15. The molecule has 1 amide bonds. The van der Waals surface area contributed by atoms with E-state index in [-0.39, 0.29) is 35.4 Å². The normalized spacial score (nSPS) is 14.6. The summed E-state index contributed by atoms with van der Waals surface area (Å²) in [5, 5.41) is 10.6. The maximum absolute atomic E-state index is 13.2. The molecule has 0 unspecified atom stereocenters. The van der Waals surface area contributed by atoms with Gasteiger partial charge in [0, 0.05) is 50.7 Å². The third kappa shape index (κ3) is 9.28. The van der Waals surface area contributed by atoms with E-state index < -0.39 is 22.2 Å². The van der Waals surface area contributed by atoms with Gasteiger partial charge in [-0.05, 0) is 24.1 Å². The summed E-state index contributed by atoms with van der Waals surface area (Å²) in [6.07, 6.45) is -4.94. The molecular weight excluding hydrogens is 503 g/mol. The highest BCUT2D eigenvalue weighted by atomic mass is 35.5. The Hall–Kier alpha value is -2.09. The Morgan fingerprint density at radius 3 is 2.29 bits per heavy atom. The van der Waals surface area contributed by atoms with Gasteiger partial charge in [-0.15, -0.1) is 0 Å². The van der Waals surface area contributed by atoms with Crippen LogP contribution in [0, 0.1) is 5.92 Å². The fourth-order valence-electron chi connectivity index (χ4n) is 3.00. The molecule has 1 heterocycles. The molecule has 0 spiro atoms. The number of carbonyl (C=O) groups excluding carboxylic acids is 1. The molecule has 9 nitrogen and oxygen atoms in total. The first kappa shape index (κ1) is 29.9. The van der Waals surface area contributed by atoms with Crippen molar-refractivity contribution < 1.29 is 41.0 Å². The Kier molecular flexibility index (Phi) is 11.6. The number of halogens is 4. The molecule has 1 aliphatic heterocycles. The van der Waals surface area contributed by atoms with Gasteiger partial charge >= 0.3 is 12.1 Å². The third-order valence-corrected chi connectivity index (χ3v) is 6.72. The molecule has 1 fully saturated rings. The van der Waals surface area contributed by atoms with Crippen LogP contribution >= 0.6 is 11.6 Å². The zero-order valence-corrected chi connectivity index (χ0v) is 20.6. The Balaban J connectivity index is 0.000000718. The first-order valence-corrected chi connectivity index (χ1v) is 12.1. The molecule has 1 aromatic carbocycles. The lowest BCUT2D eigenvalue weighted by Crippen LogP contribution is -2.47. The Morgan fingerprint density at radius 1 is 1.26 bits per heavy atom. The fourth-order valence-corrected chi connectivity index (χ4v) is 5.02. The van der Waals surface area contributed by atoms with Gasteiger partial charge in [0.2, 0.25) is 15.9 Å². The van der Waals surface area contributed by atoms with Gasteiger partial charge in [-0.1, -0.05) is 25.4 Å². The van der Waals surface area contributed by atoms with Crippen LogP contribution in [0.1, 0.15) is 20.3 Å². The molecule has 0 radical (unpaired) electrons. The average molecular weight is 532 g/mol. The molecule has 194 valence electrons. The SMILES string of the molecule is COc1ccc(Cl)cc1S(=O)(=O)N(CCC(=O)N1CCNCC1)CC(C)C.O=C(O)C(F)(F)F. The summed E-state index contributed by atoms with van der Waals surface area (Å²) >= 11 is 6.01. The van der Waals surface area contributed by atoms with Crippen LogP contribution in [0.3, 0.4) is 0 Å². The minimum Gasteiger partial charge on any atom is -0.495 e. The largest absolute Gasteiger partial charge is 0.495 e. The number of nitrogens with zero attached hydrogens (tertiary/aromatic N) is 2. The predicted octanol–water partition coefficient (Wildman–Crippen LogP) is 2.45. The molecule has 14 heteroatoms. The van der Waals surface area contributed by atoms with Gasteiger partial charge in [0.25, 0.3) is 0 Å². The van der Waals surface area contributed by atoms with Crippen molar-refractivity contribution in [2.45, 2.75) is 31.3 Å². The molecule has 34 heavy (non-hydrogen) atoms. The summed E-state index contributed by atoms with van der Waals surface area (Å²) < 4.78 is 64.8. The number of carboxylic acid groups (broad SMARTS) is 1. The number of hydrogen-bond donors (Lipinski definition) is 2. The van der Waals surface area contributed by atoms with Crippen molar-refractivity contribution in [1.82, 2.24) is 14.5 Å². The number of alkyl halides is 3. The van der Waals surface area contributed by atoms with Crippen LogP contribution in [0.15, 0.2) is 23.1 Å². The topological polar surface area (TPSA) is 116 Å². The molecule has 2 N–H and O–H groups in total. The lowest BCUT2D eigenvalue weighted by molar-refractivity contribution is -0.192. The molecule has 1 aliphatic rings. The maximum atomic E-state index is 13.2. The van der Waals surface area contributed by atoms with E-state index in [2.05, 4.69) is 5.32 Å². The number of nitrogens with one attached hydrogen (secondary N) is 1. The number of carbonyl (C=O) groups is 2. The summed E-state index contributed by atoms with van der Waals surface area (Å²) in [5.74, 6) is -2.44. The summed E-state index contributed by atoms with van der Waals surface area (Å²) in [6, 6.07) is 4.51. The van der Waals surface area contributed by atoms with Crippen LogP contribution in [0.2, 0.25) is 5.02 Å². The smallest absolute Gasteiger partial charge is 0.490 e. The van der Waals surface area contributed by atoms with Crippen molar-refractivity contribution in [3.63, 3.8) is 0 Å². The van der Waals surface area contributed by atoms with Gasteiger partial charge in [-0.3, -0.25) is 4.79 Å². The number of ether oxygens (including phenoxy) is 1. The van der Waals surface area contributed by atoms with E-state index in [1.807, 2.05) is 13.8 Å². The van der Waals surface area contributed by atoms with Gasteiger partial charge < -0.3 is 20.1 Å². The van der Waals surface area contributed by atoms with E-state index in [0.29, 0.717) is 24.7 Å². The number of amides is 1. The van der Waals surface area contributed by atoms with E-state index in [1.165, 1.54) is 23.5 Å². The van der Waals surface area contributed by atoms with E-state index in [4.69, 9.17) is 26.2 Å². The first-order chi connectivity index (χ1) is 15.7. The Morgan fingerprint density at radius 2 is 1.82 bits per heavy atom. The number of benzene rings is 1. The standard InChI is InChI=1S/C18H28ClN3O4S.C2HF3O2/c1-14(2)13-22(9-6-18(23)21-10-7-20-8-11-21)27(24,25)17-12-15(19)4-5-16(17)26-3;3-2(4,5)1(6)7/h4-5,12,14,20H,6-11,13H2,1-3H3;(H,6,7). The van der Waals surface area contributed by atoms with E-state index in [0.717, 1.165) is 13.1 Å². The highest BCUT2D eigenvalue weighted by Crippen LogP contribution is 2.30. The number of sulfonamides is 1. The van der Waals surface area contributed by atoms with Crippen LogP contribution in [0.4, 0.5) is 13.2 Å². The van der Waals surface area contributed by atoms with Gasteiger partial charge in [-0.2, -0.15) is 17.5 Å². The number of methoxy groups -OCH3 is 1. The minimum atomic E-state index is -5.08. The second-order valence-electron chi connectivity index (χ2n) is 7.74. The van der Waals surface area contributed by atoms with Gasteiger partial charge in [-0.25, -0.2) is 13.2 Å². The molecular formula is C20H29ClF3N3O6S. The fraction of sp³-hybridized carbons (Fsp3) is 0.600. The number of piperazine rings is 1. The summed E-state index contributed by atoms with van der Waals surface area (Å²) in [5.41, 5.74) is 0. The summed E-state index contributed by atoms with van der Waals surface area (Å²) in [4.78, 5) is 23.2. The van der Waals surface area contributed by atoms with Crippen LogP contribution in [0.25, 0.3) is 0 Å². The molecule has 0 bridgehead atoms. The maximum Gasteiger partial charge on any atom is 0.490 e. The number of hydrogen-bond acceptors (Lipinski definition) is 6. The average Bonchev–Trinajstić information content (AvgIpc) is 2.76. The van der Waals surface area contributed by atoms with Crippen molar-refractivity contribution >= 4 is 33.5 Å². The van der Waals surface area contributed by atoms with E-state index in [9.17, 15) is 26.4 Å². The van der Waals surface area contributed by atoms with Crippen molar-refractivity contribution in [2.75, 3.05) is 46.4 Å². The molecule has 1 aromatic rings. The third-order valence-electron chi connectivity index (χ3n) is 4.60. The zero-order valence-electron chi connectivity index (χ0n) is 19.1.